The number of nitrogen functional groups attached to an aromatic ring is 1. The largest absolute Gasteiger partial charge is 0.384 e. The van der Waals surface area contributed by atoms with Gasteiger partial charge in [-0.05, 0) is 74.0 Å². The van der Waals surface area contributed by atoms with Crippen molar-refractivity contribution in [2.75, 3.05) is 30.3 Å². The molecule has 192 valence electrons. The summed E-state index contributed by atoms with van der Waals surface area (Å²) < 4.78 is 1.66. The molecule has 2 saturated heterocycles. The van der Waals surface area contributed by atoms with Crippen molar-refractivity contribution in [3.8, 4) is 0 Å². The molecule has 2 atom stereocenters. The van der Waals surface area contributed by atoms with Crippen LogP contribution in [0.3, 0.4) is 0 Å². The Balaban J connectivity index is 1.09. The molecule has 10 heteroatoms. The van der Waals surface area contributed by atoms with Crippen molar-refractivity contribution in [3.63, 3.8) is 0 Å². The number of nitrogens with zero attached hydrogens (tertiary/aromatic N) is 6. The van der Waals surface area contributed by atoms with E-state index >= 15 is 0 Å². The van der Waals surface area contributed by atoms with E-state index in [1.54, 1.807) is 10.9 Å². The Morgan fingerprint density at radius 2 is 1.97 bits per heavy atom. The Hall–Kier alpha value is -3.79. The maximum atomic E-state index is 13.0. The molecule has 37 heavy (non-hydrogen) atoms. The van der Waals surface area contributed by atoms with Crippen LogP contribution in [-0.4, -0.2) is 62.4 Å². The molecule has 0 spiro atoms. The molecule has 3 aliphatic rings. The number of hydrogen-bond acceptors (Lipinski definition) is 7. The van der Waals surface area contributed by atoms with Crippen molar-refractivity contribution < 1.29 is 9.59 Å². The summed E-state index contributed by atoms with van der Waals surface area (Å²) in [7, 11) is 0. The van der Waals surface area contributed by atoms with E-state index in [0.29, 0.717) is 12.4 Å². The van der Waals surface area contributed by atoms with Crippen LogP contribution in [0.5, 0.6) is 0 Å². The number of rotatable bonds is 5. The minimum Gasteiger partial charge on any atom is -0.384 e. The Morgan fingerprint density at radius 3 is 2.81 bits per heavy atom. The molecule has 2 aliphatic heterocycles. The number of fused-ring (bicyclic) bond motifs is 2. The summed E-state index contributed by atoms with van der Waals surface area (Å²) in [6.45, 7) is 5.17. The molecule has 0 radical (unpaired) electrons. The fraction of sp³-hybridized carbons (Fsp3) is 0.444. The monoisotopic (exact) mass is 500 g/mol. The van der Waals surface area contributed by atoms with Crippen LogP contribution in [0.15, 0.2) is 36.5 Å². The highest BCUT2D eigenvalue weighted by Crippen LogP contribution is 2.33. The number of piperazine rings is 1. The molecule has 0 bridgehead atoms. The number of anilines is 2. The second kappa shape index (κ2) is 9.59. The first kappa shape index (κ1) is 23.6. The molecule has 2 amide bonds. The van der Waals surface area contributed by atoms with Gasteiger partial charge in [-0.15, -0.1) is 5.10 Å². The summed E-state index contributed by atoms with van der Waals surface area (Å²) in [6, 6.07) is 9.77. The highest BCUT2D eigenvalue weighted by molar-refractivity contribution is 5.98. The van der Waals surface area contributed by atoms with Crippen LogP contribution < -0.4 is 16.0 Å². The van der Waals surface area contributed by atoms with E-state index in [9.17, 15) is 9.59 Å². The van der Waals surface area contributed by atoms with Gasteiger partial charge in [-0.1, -0.05) is 23.8 Å². The number of nitrogens with two attached hydrogens (primary N) is 1. The number of carbonyl (C=O) groups is 2. The summed E-state index contributed by atoms with van der Waals surface area (Å²) in [6.07, 6.45) is 6.50. The first-order valence-corrected chi connectivity index (χ1v) is 13.1. The molecule has 4 heterocycles. The number of aryl methyl sites for hydroxylation is 2. The number of piperidine rings is 1. The molecule has 3 aromatic rings. The Labute approximate surface area is 215 Å². The van der Waals surface area contributed by atoms with E-state index in [2.05, 4.69) is 25.5 Å². The van der Waals surface area contributed by atoms with Gasteiger partial charge in [0.15, 0.2) is 5.69 Å². The summed E-state index contributed by atoms with van der Waals surface area (Å²) in [4.78, 5) is 34.6. The van der Waals surface area contributed by atoms with Gasteiger partial charge in [0.05, 0.1) is 24.8 Å². The lowest BCUT2D eigenvalue weighted by atomic mass is 9.98. The first-order valence-electron chi connectivity index (χ1n) is 13.1. The summed E-state index contributed by atoms with van der Waals surface area (Å²) in [5.41, 5.74) is 11.2. The molecule has 2 aromatic heterocycles. The van der Waals surface area contributed by atoms with Gasteiger partial charge < -0.3 is 16.0 Å². The third-order valence-electron chi connectivity index (χ3n) is 7.83. The zero-order valence-electron chi connectivity index (χ0n) is 21.1. The van der Waals surface area contributed by atoms with E-state index < -0.39 is 0 Å². The van der Waals surface area contributed by atoms with Crippen molar-refractivity contribution in [3.05, 3.63) is 64.6 Å². The number of hydrogen-bond donors (Lipinski definition) is 2. The van der Waals surface area contributed by atoms with E-state index in [0.717, 1.165) is 73.4 Å². The van der Waals surface area contributed by atoms with Gasteiger partial charge in [-0.2, -0.15) is 0 Å². The quantitative estimate of drug-likeness (QED) is 0.551. The van der Waals surface area contributed by atoms with Gasteiger partial charge in [-0.25, -0.2) is 9.67 Å². The minimum absolute atomic E-state index is 0.0258. The lowest BCUT2D eigenvalue weighted by Crippen LogP contribution is -2.58. The van der Waals surface area contributed by atoms with Crippen molar-refractivity contribution in [2.45, 2.75) is 57.7 Å². The van der Waals surface area contributed by atoms with Gasteiger partial charge in [0.25, 0.3) is 5.91 Å². The summed E-state index contributed by atoms with van der Waals surface area (Å²) in [5.74, 6) is 0.471. The van der Waals surface area contributed by atoms with Gasteiger partial charge in [0.1, 0.15) is 5.82 Å². The average molecular weight is 501 g/mol. The van der Waals surface area contributed by atoms with E-state index in [1.807, 2.05) is 42.2 Å². The number of aromatic nitrogens is 4. The second-order valence-electron chi connectivity index (χ2n) is 10.3. The predicted molar refractivity (Wildman–Crippen MR) is 139 cm³/mol. The molecule has 0 saturated carbocycles. The number of carbonyl (C=O) groups excluding carboxylic acids is 2. The zero-order valence-corrected chi connectivity index (χ0v) is 21.1. The Morgan fingerprint density at radius 1 is 1.14 bits per heavy atom. The molecule has 2 unspecified atom stereocenters. The first-order chi connectivity index (χ1) is 18.0. The molecular weight excluding hydrogens is 468 g/mol. The van der Waals surface area contributed by atoms with Gasteiger partial charge in [0.2, 0.25) is 5.91 Å². The lowest BCUT2D eigenvalue weighted by molar-refractivity contribution is -0.127. The highest BCUT2D eigenvalue weighted by Gasteiger charge is 2.36. The molecule has 2 fully saturated rings. The average Bonchev–Trinajstić information content (AvgIpc) is 3.52. The fourth-order valence-electron chi connectivity index (χ4n) is 6.01. The van der Waals surface area contributed by atoms with Crippen LogP contribution in [0.1, 0.15) is 64.6 Å². The highest BCUT2D eigenvalue weighted by atomic mass is 16.2. The standard InChI is InChI=1S/C27H32N8O2/c1-17-14-24(28)29-20-9-10-21(25(17)20)30-26(36)22-16-34(32-31-22)15-18-5-7-19(8-6-18)35-13-12-33-11-3-2-4-23(33)27(35)37/h5-8,14,16,21,23H,2-4,9-13,15H2,1H3,(H2,28,29)(H,30,36). The lowest BCUT2D eigenvalue weighted by Gasteiger charge is -2.43. The molecular formula is C27H32N8O2. The molecule has 6 rings (SSSR count). The Bertz CT molecular complexity index is 1330. The second-order valence-corrected chi connectivity index (χ2v) is 10.3. The van der Waals surface area contributed by atoms with Crippen molar-refractivity contribution >= 4 is 23.3 Å². The summed E-state index contributed by atoms with van der Waals surface area (Å²) in [5, 5.41) is 11.3. The number of pyridine rings is 1. The third kappa shape index (κ3) is 4.57. The van der Waals surface area contributed by atoms with Crippen LogP contribution in [0.4, 0.5) is 11.5 Å². The van der Waals surface area contributed by atoms with E-state index in [1.165, 1.54) is 6.42 Å². The third-order valence-corrected chi connectivity index (χ3v) is 7.83. The van der Waals surface area contributed by atoms with Crippen LogP contribution in [0.25, 0.3) is 0 Å². The van der Waals surface area contributed by atoms with Gasteiger partial charge in [-0.3, -0.25) is 14.5 Å². The molecule has 1 aliphatic carbocycles. The predicted octanol–water partition coefficient (Wildman–Crippen LogP) is 2.23. The summed E-state index contributed by atoms with van der Waals surface area (Å²) >= 11 is 0. The van der Waals surface area contributed by atoms with E-state index in [4.69, 9.17) is 5.73 Å². The normalized spacial score (nSPS) is 21.5. The van der Waals surface area contributed by atoms with Crippen molar-refractivity contribution in [1.29, 1.82) is 0 Å². The molecule has 1 aromatic carbocycles. The van der Waals surface area contributed by atoms with Gasteiger partial charge >= 0.3 is 0 Å². The molecule has 10 nitrogen and oxygen atoms in total. The van der Waals surface area contributed by atoms with Crippen molar-refractivity contribution in [1.82, 2.24) is 30.2 Å². The topological polar surface area (TPSA) is 122 Å². The maximum absolute atomic E-state index is 13.0. The number of nitrogens with one attached hydrogen (secondary N) is 1. The van der Waals surface area contributed by atoms with Crippen LogP contribution in [0, 0.1) is 6.92 Å². The smallest absolute Gasteiger partial charge is 0.273 e. The fourth-order valence-corrected chi connectivity index (χ4v) is 6.01. The Kier molecular flexibility index (Phi) is 6.11. The maximum Gasteiger partial charge on any atom is 0.273 e. The van der Waals surface area contributed by atoms with Crippen LogP contribution in [-0.2, 0) is 17.8 Å². The van der Waals surface area contributed by atoms with E-state index in [-0.39, 0.29) is 29.6 Å². The van der Waals surface area contributed by atoms with Gasteiger partial charge in [0, 0.05) is 24.5 Å². The zero-order chi connectivity index (χ0) is 25.5. The van der Waals surface area contributed by atoms with Crippen molar-refractivity contribution in [2.24, 2.45) is 0 Å². The number of benzene rings is 1. The van der Waals surface area contributed by atoms with Crippen LogP contribution >= 0.6 is 0 Å². The number of amides is 2. The molecule has 3 N–H and O–H groups in total. The van der Waals surface area contributed by atoms with Crippen LogP contribution in [0.2, 0.25) is 0 Å². The SMILES string of the molecule is Cc1cc(N)nc2c1C(NC(=O)c1cn(Cc3ccc(N4CCN5CCCCC5C4=O)cc3)nn1)CC2. The minimum atomic E-state index is -0.254.